The van der Waals surface area contributed by atoms with Crippen molar-refractivity contribution in [2.75, 3.05) is 40.5 Å². The summed E-state index contributed by atoms with van der Waals surface area (Å²) in [6.45, 7) is 6.10. The van der Waals surface area contributed by atoms with Crippen molar-refractivity contribution in [2.24, 2.45) is 0 Å². The smallest absolute Gasteiger partial charge is 0.246 e. The summed E-state index contributed by atoms with van der Waals surface area (Å²) in [7, 11) is 3.43. The summed E-state index contributed by atoms with van der Waals surface area (Å²) < 4.78 is 10.1. The summed E-state index contributed by atoms with van der Waals surface area (Å²) in [4.78, 5) is 11.0. The third kappa shape index (κ3) is 8.64. The van der Waals surface area contributed by atoms with Crippen LogP contribution in [0.2, 0.25) is 0 Å². The van der Waals surface area contributed by atoms with Gasteiger partial charge in [-0.25, -0.2) is 0 Å². The largest absolute Gasteiger partial charge is 0.380 e. The van der Waals surface area contributed by atoms with Crippen molar-refractivity contribution in [2.45, 2.75) is 25.8 Å². The molecule has 5 nitrogen and oxygen atoms in total. The van der Waals surface area contributed by atoms with E-state index >= 15 is 0 Å². The lowest BCUT2D eigenvalue weighted by Crippen LogP contribution is -2.37. The van der Waals surface area contributed by atoms with Gasteiger partial charge in [0.15, 0.2) is 0 Å². The number of amides is 1. The molecule has 0 saturated heterocycles. The van der Waals surface area contributed by atoms with E-state index in [1.807, 2.05) is 7.05 Å². The first kappa shape index (κ1) is 15.3. The molecule has 0 aliphatic rings. The third-order valence-corrected chi connectivity index (χ3v) is 2.39. The zero-order valence-corrected chi connectivity index (χ0v) is 10.8. The van der Waals surface area contributed by atoms with Gasteiger partial charge in [0.2, 0.25) is 5.91 Å². The average molecular weight is 232 g/mol. The Kier molecular flexibility index (Phi) is 8.15. The summed E-state index contributed by atoms with van der Waals surface area (Å²) in [5, 5.41) is 5.89. The van der Waals surface area contributed by atoms with Gasteiger partial charge in [-0.2, -0.15) is 0 Å². The highest BCUT2D eigenvalue weighted by Gasteiger charge is 2.13. The second kappa shape index (κ2) is 8.50. The van der Waals surface area contributed by atoms with E-state index in [1.165, 1.54) is 7.11 Å². The lowest BCUT2D eigenvalue weighted by molar-refractivity contribution is -0.124. The molecule has 0 rings (SSSR count). The molecule has 96 valence electrons. The van der Waals surface area contributed by atoms with Gasteiger partial charge in [-0.1, -0.05) is 0 Å². The Bertz CT molecular complexity index is 196. The summed E-state index contributed by atoms with van der Waals surface area (Å²) in [5.74, 6) is -0.110. The van der Waals surface area contributed by atoms with Gasteiger partial charge in [-0.05, 0) is 27.3 Å². The first-order valence-corrected chi connectivity index (χ1v) is 5.54. The van der Waals surface area contributed by atoms with Crippen molar-refractivity contribution in [3.8, 4) is 0 Å². The monoisotopic (exact) mass is 232 g/mol. The van der Waals surface area contributed by atoms with Gasteiger partial charge < -0.3 is 20.1 Å². The van der Waals surface area contributed by atoms with Gasteiger partial charge in [0.25, 0.3) is 0 Å². The Balaban J connectivity index is 3.31. The van der Waals surface area contributed by atoms with E-state index in [0.717, 1.165) is 6.42 Å². The highest BCUT2D eigenvalue weighted by Crippen LogP contribution is 2.06. The maximum absolute atomic E-state index is 11.0. The zero-order chi connectivity index (χ0) is 12.4. The molecule has 0 spiro atoms. The van der Waals surface area contributed by atoms with Crippen molar-refractivity contribution in [3.63, 3.8) is 0 Å². The zero-order valence-electron chi connectivity index (χ0n) is 10.8. The molecule has 0 aliphatic heterocycles. The van der Waals surface area contributed by atoms with Crippen LogP contribution in [0.15, 0.2) is 0 Å². The molecule has 16 heavy (non-hydrogen) atoms. The number of hydrogen-bond acceptors (Lipinski definition) is 4. The molecular weight excluding hydrogens is 208 g/mol. The Morgan fingerprint density at radius 2 is 2.00 bits per heavy atom. The van der Waals surface area contributed by atoms with E-state index in [0.29, 0.717) is 19.8 Å². The molecular formula is C11H24N2O3. The van der Waals surface area contributed by atoms with E-state index in [4.69, 9.17) is 4.74 Å². The Labute approximate surface area is 97.9 Å². The molecule has 0 heterocycles. The van der Waals surface area contributed by atoms with Gasteiger partial charge in [0.05, 0.1) is 6.61 Å². The van der Waals surface area contributed by atoms with E-state index in [1.54, 1.807) is 0 Å². The molecule has 0 aromatic carbocycles. The van der Waals surface area contributed by atoms with Gasteiger partial charge >= 0.3 is 0 Å². The number of rotatable bonds is 9. The molecule has 0 bridgehead atoms. The molecule has 0 aliphatic carbocycles. The number of carbonyl (C=O) groups is 1. The standard InChI is InChI=1S/C11H24N2O3/c1-11(2,12-3)5-7-16-8-6-13-10(14)9-15-4/h12H,5-9H2,1-4H3,(H,13,14). The second-order valence-corrected chi connectivity index (χ2v) is 4.28. The predicted octanol–water partition coefficient (Wildman–Crippen LogP) is 0.154. The average Bonchev–Trinajstić information content (AvgIpc) is 2.23. The number of methoxy groups -OCH3 is 1. The van der Waals surface area contributed by atoms with Gasteiger partial charge in [-0.15, -0.1) is 0 Å². The lowest BCUT2D eigenvalue weighted by atomic mass is 10.0. The number of carbonyl (C=O) groups excluding carboxylic acids is 1. The van der Waals surface area contributed by atoms with E-state index in [-0.39, 0.29) is 18.1 Å². The van der Waals surface area contributed by atoms with Crippen LogP contribution in [-0.4, -0.2) is 52.0 Å². The Morgan fingerprint density at radius 3 is 2.56 bits per heavy atom. The summed E-state index contributed by atoms with van der Waals surface area (Å²) >= 11 is 0. The SMILES string of the molecule is CNC(C)(C)CCOCCNC(=O)COC. The normalized spacial score (nSPS) is 11.5. The summed E-state index contributed by atoms with van der Waals surface area (Å²) in [6, 6.07) is 0. The molecule has 1 amide bonds. The van der Waals surface area contributed by atoms with Crippen LogP contribution in [0.4, 0.5) is 0 Å². The van der Waals surface area contributed by atoms with Crippen LogP contribution in [0.5, 0.6) is 0 Å². The molecule has 0 aromatic heterocycles. The van der Waals surface area contributed by atoms with Crippen LogP contribution in [0, 0.1) is 0 Å². The van der Waals surface area contributed by atoms with Crippen LogP contribution >= 0.6 is 0 Å². The minimum Gasteiger partial charge on any atom is -0.380 e. The minimum absolute atomic E-state index is 0.0965. The molecule has 0 saturated carbocycles. The van der Waals surface area contributed by atoms with E-state index in [9.17, 15) is 4.79 Å². The lowest BCUT2D eigenvalue weighted by Gasteiger charge is -2.23. The molecule has 0 atom stereocenters. The molecule has 0 radical (unpaired) electrons. The highest BCUT2D eigenvalue weighted by molar-refractivity contribution is 5.77. The van der Waals surface area contributed by atoms with Crippen molar-refractivity contribution < 1.29 is 14.3 Å². The minimum atomic E-state index is -0.110. The van der Waals surface area contributed by atoms with Gasteiger partial charge in [0.1, 0.15) is 6.61 Å². The number of nitrogens with one attached hydrogen (secondary N) is 2. The van der Waals surface area contributed by atoms with E-state index in [2.05, 4.69) is 29.2 Å². The maximum Gasteiger partial charge on any atom is 0.246 e. The highest BCUT2D eigenvalue weighted by atomic mass is 16.5. The first-order chi connectivity index (χ1) is 7.52. The Hall–Kier alpha value is -0.650. The fraction of sp³-hybridized carbons (Fsp3) is 0.909. The summed E-state index contributed by atoms with van der Waals surface area (Å²) in [5.41, 5.74) is 0.0965. The molecule has 0 fully saturated rings. The number of ether oxygens (including phenoxy) is 2. The van der Waals surface area contributed by atoms with Crippen molar-refractivity contribution in [1.82, 2.24) is 10.6 Å². The van der Waals surface area contributed by atoms with Crippen LogP contribution in [0.25, 0.3) is 0 Å². The maximum atomic E-state index is 11.0. The quantitative estimate of drug-likeness (QED) is 0.556. The fourth-order valence-corrected chi connectivity index (χ4v) is 0.999. The van der Waals surface area contributed by atoms with Crippen LogP contribution in [0.1, 0.15) is 20.3 Å². The summed E-state index contributed by atoms with van der Waals surface area (Å²) in [6.07, 6.45) is 0.940. The van der Waals surface area contributed by atoms with Crippen molar-refractivity contribution in [1.29, 1.82) is 0 Å². The van der Waals surface area contributed by atoms with Crippen molar-refractivity contribution >= 4 is 5.91 Å². The third-order valence-electron chi connectivity index (χ3n) is 2.39. The van der Waals surface area contributed by atoms with Gasteiger partial charge in [-0.3, -0.25) is 4.79 Å². The van der Waals surface area contributed by atoms with Crippen molar-refractivity contribution in [3.05, 3.63) is 0 Å². The molecule has 2 N–H and O–H groups in total. The fourth-order valence-electron chi connectivity index (χ4n) is 0.999. The van der Waals surface area contributed by atoms with Crippen LogP contribution < -0.4 is 10.6 Å². The molecule has 0 aromatic rings. The number of hydrogen-bond donors (Lipinski definition) is 2. The van der Waals surface area contributed by atoms with Crippen LogP contribution in [-0.2, 0) is 14.3 Å². The predicted molar refractivity (Wildman–Crippen MR) is 63.5 cm³/mol. The second-order valence-electron chi connectivity index (χ2n) is 4.28. The topological polar surface area (TPSA) is 59.6 Å². The van der Waals surface area contributed by atoms with Gasteiger partial charge in [0, 0.05) is 25.8 Å². The first-order valence-electron chi connectivity index (χ1n) is 5.54. The van der Waals surface area contributed by atoms with E-state index < -0.39 is 0 Å². The van der Waals surface area contributed by atoms with Crippen LogP contribution in [0.3, 0.4) is 0 Å². The molecule has 5 heteroatoms. The molecule has 0 unspecified atom stereocenters. The Morgan fingerprint density at radius 1 is 1.31 bits per heavy atom.